The quantitative estimate of drug-likeness (QED) is 0.231. The molecule has 7 nitrogen and oxygen atoms in total. The minimum absolute atomic E-state index is 0.0487. The number of furan rings is 1. The molecular formula is C21H16N4O3S. The fraction of sp³-hybridized carbons (Fsp3) is 0.0476. The van der Waals surface area contributed by atoms with E-state index >= 15 is 0 Å². The van der Waals surface area contributed by atoms with Gasteiger partial charge in [0.05, 0.1) is 34.8 Å². The van der Waals surface area contributed by atoms with Crippen LogP contribution in [0.15, 0.2) is 92.5 Å². The summed E-state index contributed by atoms with van der Waals surface area (Å²) in [4.78, 5) is 29.8. The van der Waals surface area contributed by atoms with E-state index in [1.165, 1.54) is 28.8 Å². The SMILES string of the molecule is O=C(CSc1nc2ccccc2c(=O)n1-c1ccccc1)N/N=C\c1ccco1. The van der Waals surface area contributed by atoms with Gasteiger partial charge in [-0.2, -0.15) is 5.10 Å². The van der Waals surface area contributed by atoms with E-state index in [4.69, 9.17) is 4.42 Å². The van der Waals surface area contributed by atoms with Crippen LogP contribution >= 0.6 is 11.8 Å². The Bertz CT molecular complexity index is 1220. The van der Waals surface area contributed by atoms with Crippen molar-refractivity contribution < 1.29 is 9.21 Å². The second-order valence-corrected chi connectivity index (χ2v) is 6.93. The van der Waals surface area contributed by atoms with Crippen molar-refractivity contribution in [2.24, 2.45) is 5.10 Å². The Morgan fingerprint density at radius 1 is 1.10 bits per heavy atom. The van der Waals surface area contributed by atoms with Crippen molar-refractivity contribution in [2.45, 2.75) is 5.16 Å². The standard InChI is InChI=1S/C21H16N4O3S/c26-19(24-22-13-16-9-6-12-28-16)14-29-21-23-18-11-5-4-10-17(18)20(27)25(21)15-7-2-1-3-8-15/h1-13H,14H2,(H,24,26)/b22-13-. The van der Waals surface area contributed by atoms with Gasteiger partial charge in [0, 0.05) is 0 Å². The van der Waals surface area contributed by atoms with Crippen LogP contribution in [0.5, 0.6) is 0 Å². The maximum Gasteiger partial charge on any atom is 0.266 e. The average molecular weight is 404 g/mol. The molecule has 8 heteroatoms. The summed E-state index contributed by atoms with van der Waals surface area (Å²) in [6.07, 6.45) is 2.93. The highest BCUT2D eigenvalue weighted by molar-refractivity contribution is 7.99. The summed E-state index contributed by atoms with van der Waals surface area (Å²) >= 11 is 1.17. The molecule has 0 aliphatic carbocycles. The molecule has 2 aromatic heterocycles. The van der Waals surface area contributed by atoms with Gasteiger partial charge in [-0.15, -0.1) is 0 Å². The van der Waals surface area contributed by atoms with Gasteiger partial charge in [-0.3, -0.25) is 14.2 Å². The molecule has 0 bridgehead atoms. The molecule has 0 spiro atoms. The van der Waals surface area contributed by atoms with E-state index in [0.29, 0.717) is 27.5 Å². The van der Waals surface area contributed by atoms with Crippen LogP contribution in [0, 0.1) is 0 Å². The van der Waals surface area contributed by atoms with Crippen molar-refractivity contribution in [3.8, 4) is 5.69 Å². The molecule has 0 atom stereocenters. The van der Waals surface area contributed by atoms with E-state index in [0.717, 1.165) is 0 Å². The van der Waals surface area contributed by atoms with Crippen LogP contribution in [-0.4, -0.2) is 27.4 Å². The third kappa shape index (κ3) is 4.27. The molecule has 4 rings (SSSR count). The number of benzene rings is 2. The maximum absolute atomic E-state index is 13.1. The van der Waals surface area contributed by atoms with Crippen molar-refractivity contribution in [2.75, 3.05) is 5.75 Å². The number of rotatable bonds is 6. The monoisotopic (exact) mass is 404 g/mol. The number of nitrogens with one attached hydrogen (secondary N) is 1. The number of hydrogen-bond donors (Lipinski definition) is 1. The molecule has 0 aliphatic rings. The van der Waals surface area contributed by atoms with E-state index in [2.05, 4.69) is 15.5 Å². The predicted octanol–water partition coefficient (Wildman–Crippen LogP) is 3.22. The number of amides is 1. The first-order chi connectivity index (χ1) is 14.2. The summed E-state index contributed by atoms with van der Waals surface area (Å²) in [6, 6.07) is 19.8. The minimum Gasteiger partial charge on any atom is -0.463 e. The Hall–Kier alpha value is -3.65. The smallest absolute Gasteiger partial charge is 0.266 e. The van der Waals surface area contributed by atoms with Crippen molar-refractivity contribution in [1.29, 1.82) is 0 Å². The molecule has 0 saturated heterocycles. The Kier molecular flexibility index (Phi) is 5.53. The zero-order valence-corrected chi connectivity index (χ0v) is 16.0. The van der Waals surface area contributed by atoms with E-state index in [-0.39, 0.29) is 17.2 Å². The number of nitrogens with zero attached hydrogens (tertiary/aromatic N) is 3. The Balaban J connectivity index is 1.59. The molecule has 144 valence electrons. The highest BCUT2D eigenvalue weighted by Gasteiger charge is 2.14. The molecule has 0 aliphatic heterocycles. The highest BCUT2D eigenvalue weighted by Crippen LogP contribution is 2.21. The summed E-state index contributed by atoms with van der Waals surface area (Å²) in [5.41, 5.74) is 3.53. The molecule has 0 fully saturated rings. The van der Waals surface area contributed by atoms with Crippen molar-refractivity contribution in [3.63, 3.8) is 0 Å². The third-order valence-corrected chi connectivity index (χ3v) is 4.95. The van der Waals surface area contributed by atoms with Gasteiger partial charge >= 0.3 is 0 Å². The number of thioether (sulfide) groups is 1. The minimum atomic E-state index is -0.320. The lowest BCUT2D eigenvalue weighted by molar-refractivity contribution is -0.118. The van der Waals surface area contributed by atoms with Crippen molar-refractivity contribution >= 4 is 34.8 Å². The van der Waals surface area contributed by atoms with Gasteiger partial charge in [-0.05, 0) is 36.4 Å². The second-order valence-electron chi connectivity index (χ2n) is 5.98. The first kappa shape index (κ1) is 18.7. The van der Waals surface area contributed by atoms with Gasteiger partial charge in [0.1, 0.15) is 5.76 Å². The summed E-state index contributed by atoms with van der Waals surface area (Å²) in [5, 5.41) is 4.81. The molecule has 29 heavy (non-hydrogen) atoms. The first-order valence-corrected chi connectivity index (χ1v) is 9.76. The number of aromatic nitrogens is 2. The molecular weight excluding hydrogens is 388 g/mol. The number of para-hydroxylation sites is 2. The number of fused-ring (bicyclic) bond motifs is 1. The first-order valence-electron chi connectivity index (χ1n) is 8.78. The van der Waals surface area contributed by atoms with Gasteiger partial charge in [0.15, 0.2) is 5.16 Å². The fourth-order valence-corrected chi connectivity index (χ4v) is 3.51. The third-order valence-electron chi connectivity index (χ3n) is 4.02. The lowest BCUT2D eigenvalue weighted by atomic mass is 10.2. The van der Waals surface area contributed by atoms with Gasteiger partial charge in [0.25, 0.3) is 11.5 Å². The second kappa shape index (κ2) is 8.57. The largest absolute Gasteiger partial charge is 0.463 e. The molecule has 0 radical (unpaired) electrons. The van der Waals surface area contributed by atoms with Gasteiger partial charge in [-0.1, -0.05) is 42.1 Å². The molecule has 2 heterocycles. The summed E-state index contributed by atoms with van der Waals surface area (Å²) < 4.78 is 6.63. The molecule has 1 N–H and O–H groups in total. The van der Waals surface area contributed by atoms with E-state index < -0.39 is 0 Å². The van der Waals surface area contributed by atoms with Gasteiger partial charge in [0.2, 0.25) is 0 Å². The van der Waals surface area contributed by atoms with Crippen LogP contribution in [-0.2, 0) is 4.79 Å². The van der Waals surface area contributed by atoms with Crippen LogP contribution in [0.25, 0.3) is 16.6 Å². The number of hydrazone groups is 1. The number of hydrogen-bond acceptors (Lipinski definition) is 6. The van der Waals surface area contributed by atoms with Crippen LogP contribution in [0.3, 0.4) is 0 Å². The zero-order chi connectivity index (χ0) is 20.1. The Labute approximate surface area is 170 Å². The van der Waals surface area contributed by atoms with Crippen molar-refractivity contribution in [1.82, 2.24) is 15.0 Å². The van der Waals surface area contributed by atoms with Crippen LogP contribution in [0.4, 0.5) is 0 Å². The topological polar surface area (TPSA) is 89.5 Å². The highest BCUT2D eigenvalue weighted by atomic mass is 32.2. The van der Waals surface area contributed by atoms with Crippen LogP contribution in [0.1, 0.15) is 5.76 Å². The number of carbonyl (C=O) groups is 1. The fourth-order valence-electron chi connectivity index (χ4n) is 2.71. The predicted molar refractivity (Wildman–Crippen MR) is 113 cm³/mol. The van der Waals surface area contributed by atoms with E-state index in [1.807, 2.05) is 36.4 Å². The summed E-state index contributed by atoms with van der Waals surface area (Å²) in [5.74, 6) is 0.263. The van der Waals surface area contributed by atoms with Gasteiger partial charge in [-0.25, -0.2) is 10.4 Å². The zero-order valence-electron chi connectivity index (χ0n) is 15.2. The summed E-state index contributed by atoms with van der Waals surface area (Å²) in [7, 11) is 0. The normalized spacial score (nSPS) is 11.2. The summed E-state index contributed by atoms with van der Waals surface area (Å²) in [6.45, 7) is 0. The van der Waals surface area contributed by atoms with E-state index in [9.17, 15) is 9.59 Å². The molecule has 4 aromatic rings. The number of carbonyl (C=O) groups excluding carboxylic acids is 1. The van der Waals surface area contributed by atoms with Crippen molar-refractivity contribution in [3.05, 3.63) is 89.1 Å². The van der Waals surface area contributed by atoms with Crippen LogP contribution in [0.2, 0.25) is 0 Å². The maximum atomic E-state index is 13.1. The molecule has 2 aromatic carbocycles. The average Bonchev–Trinajstić information content (AvgIpc) is 3.26. The Morgan fingerprint density at radius 2 is 1.90 bits per heavy atom. The molecule has 0 unspecified atom stereocenters. The molecule has 0 saturated carbocycles. The van der Waals surface area contributed by atoms with E-state index in [1.54, 1.807) is 30.3 Å². The lowest BCUT2D eigenvalue weighted by Crippen LogP contribution is -2.24. The van der Waals surface area contributed by atoms with Gasteiger partial charge < -0.3 is 4.42 Å². The van der Waals surface area contributed by atoms with Crippen LogP contribution < -0.4 is 11.0 Å². The lowest BCUT2D eigenvalue weighted by Gasteiger charge is -2.12. The Morgan fingerprint density at radius 3 is 2.69 bits per heavy atom. The molecule has 1 amide bonds.